The maximum Gasteiger partial charge on any atom is 0.280 e. The average Bonchev–Trinajstić information content (AvgIpc) is 3.42. The molecule has 2 aliphatic carbocycles. The summed E-state index contributed by atoms with van der Waals surface area (Å²) in [4.78, 5) is 42.2. The Morgan fingerprint density at radius 1 is 1.21 bits per heavy atom. The minimum atomic E-state index is -3.94. The number of aryl methyl sites for hydroxylation is 1. The minimum Gasteiger partial charge on any atom is -0.454 e. The van der Waals surface area contributed by atoms with Crippen molar-refractivity contribution in [2.24, 2.45) is 5.92 Å². The number of ether oxygens (including phenoxy) is 1. The van der Waals surface area contributed by atoms with Gasteiger partial charge in [0.25, 0.3) is 27.4 Å². The van der Waals surface area contributed by atoms with E-state index in [0.29, 0.717) is 19.0 Å². The first-order valence-corrected chi connectivity index (χ1v) is 15.5. The number of H-pyrrole nitrogens is 1. The summed E-state index contributed by atoms with van der Waals surface area (Å²) in [6, 6.07) is 10.3. The highest BCUT2D eigenvalue weighted by atomic mass is 32.2. The quantitative estimate of drug-likeness (QED) is 0.240. The molecule has 2 aromatic carbocycles. The van der Waals surface area contributed by atoms with Gasteiger partial charge in [-0.05, 0) is 48.4 Å². The summed E-state index contributed by atoms with van der Waals surface area (Å²) >= 11 is 0. The number of sulfonamides is 1. The number of hydrogen-bond donors (Lipinski definition) is 4. The molecule has 4 N–H and O–H groups in total. The lowest BCUT2D eigenvalue weighted by atomic mass is 9.82. The zero-order valence-corrected chi connectivity index (χ0v) is 24.2. The number of carbonyl (C=O) groups is 2. The van der Waals surface area contributed by atoms with Crippen LogP contribution in [-0.2, 0) is 21.3 Å². The Hall–Kier alpha value is -4.11. The molecule has 0 radical (unpaired) electrons. The van der Waals surface area contributed by atoms with E-state index in [1.54, 1.807) is 25.1 Å². The molecule has 1 aromatic heterocycles. The summed E-state index contributed by atoms with van der Waals surface area (Å²) in [5, 5.41) is 29.8. The number of fused-ring (bicyclic) bond motifs is 5. The Bertz CT molecular complexity index is 1850. The average molecular weight is 608 g/mol. The van der Waals surface area contributed by atoms with Crippen molar-refractivity contribution in [2.75, 3.05) is 26.2 Å². The Morgan fingerprint density at radius 3 is 2.60 bits per heavy atom. The molecular formula is C29H29N5O8S. The zero-order valence-electron chi connectivity index (χ0n) is 23.3. The van der Waals surface area contributed by atoms with Crippen LogP contribution in [0.15, 0.2) is 47.5 Å². The molecule has 7 rings (SSSR count). The van der Waals surface area contributed by atoms with Crippen LogP contribution in [-0.4, -0.2) is 65.6 Å². The van der Waals surface area contributed by atoms with E-state index >= 15 is 0 Å². The lowest BCUT2D eigenvalue weighted by Gasteiger charge is -2.34. The monoisotopic (exact) mass is 607 g/mol. The van der Waals surface area contributed by atoms with E-state index in [4.69, 9.17) is 4.74 Å². The van der Waals surface area contributed by atoms with Gasteiger partial charge in [-0.15, -0.1) is 0 Å². The number of carbonyl (C=O) groups excluding carboxylic acids is 2. The van der Waals surface area contributed by atoms with Crippen LogP contribution >= 0.6 is 0 Å². The van der Waals surface area contributed by atoms with Crippen molar-refractivity contribution in [3.63, 3.8) is 0 Å². The van der Waals surface area contributed by atoms with Crippen LogP contribution in [0.25, 0.3) is 0 Å². The third-order valence-corrected chi connectivity index (χ3v) is 10.9. The van der Waals surface area contributed by atoms with Gasteiger partial charge in [-0.2, -0.15) is 4.31 Å². The molecule has 3 aromatic rings. The van der Waals surface area contributed by atoms with E-state index in [1.807, 2.05) is 0 Å². The summed E-state index contributed by atoms with van der Waals surface area (Å²) in [5.41, 5.74) is -2.10. The van der Waals surface area contributed by atoms with E-state index in [-0.39, 0.29) is 57.7 Å². The van der Waals surface area contributed by atoms with Gasteiger partial charge >= 0.3 is 0 Å². The molecule has 1 saturated heterocycles. The number of ketones is 1. The van der Waals surface area contributed by atoms with Crippen molar-refractivity contribution in [3.05, 3.63) is 86.1 Å². The number of nitrogens with one attached hydrogen (secondary N) is 3. The van der Waals surface area contributed by atoms with Gasteiger partial charge < -0.3 is 25.5 Å². The lowest BCUT2D eigenvalue weighted by Crippen LogP contribution is -2.60. The lowest BCUT2D eigenvalue weighted by molar-refractivity contribution is -0.388. The number of hydrogen-bond acceptors (Lipinski definition) is 9. The van der Waals surface area contributed by atoms with Gasteiger partial charge in [0, 0.05) is 43.4 Å². The van der Waals surface area contributed by atoms with Crippen molar-refractivity contribution in [1.29, 1.82) is 0 Å². The summed E-state index contributed by atoms with van der Waals surface area (Å²) < 4.78 is 34.0. The topological polar surface area (TPSA) is 184 Å². The molecule has 1 amide bonds. The van der Waals surface area contributed by atoms with Gasteiger partial charge in [0.05, 0.1) is 4.92 Å². The molecule has 3 heterocycles. The third-order valence-electron chi connectivity index (χ3n) is 9.09. The van der Waals surface area contributed by atoms with Crippen LogP contribution in [0.2, 0.25) is 0 Å². The molecule has 224 valence electrons. The van der Waals surface area contributed by atoms with Crippen LogP contribution in [0, 0.1) is 23.0 Å². The molecular weight excluding hydrogens is 578 g/mol. The summed E-state index contributed by atoms with van der Waals surface area (Å²) in [6.07, 6.45) is 0.962. The van der Waals surface area contributed by atoms with E-state index < -0.39 is 43.7 Å². The standard InChI is InChI=1S/C29H29N5O8S/c1-15-12-19(15)17-6-7-20-22(14-17)42-29(37)24-18(4-3-5-21(24)34(38)39)26(35)28(20,29)32-27(36)25-16(2)13-23(31-25)43(40,41)33-10-8-30-9-11-33/h3-7,13-15,19,30-31,37H,8-12H2,1-2H3,(H,32,36)/t15-,19?,28?,29?/m0/s1. The van der Waals surface area contributed by atoms with Crippen LogP contribution in [0.4, 0.5) is 5.69 Å². The highest BCUT2D eigenvalue weighted by molar-refractivity contribution is 7.89. The maximum absolute atomic E-state index is 14.3. The first kappa shape index (κ1) is 27.7. The van der Waals surface area contributed by atoms with E-state index in [0.717, 1.165) is 18.1 Å². The summed E-state index contributed by atoms with van der Waals surface area (Å²) in [5.74, 6) is -3.48. The SMILES string of the molecule is Cc1cc(S(=O)(=O)N2CCNCC2)[nH]c1C(=O)NC12C(=O)c3cccc([N+](=O)[O-])c3C1(O)Oc1cc(C3C[C@@H]3C)ccc12. The van der Waals surface area contributed by atoms with Crippen LogP contribution in [0.5, 0.6) is 5.75 Å². The van der Waals surface area contributed by atoms with Crippen molar-refractivity contribution in [1.82, 2.24) is 19.9 Å². The molecule has 1 saturated carbocycles. The molecule has 3 unspecified atom stereocenters. The van der Waals surface area contributed by atoms with Crippen molar-refractivity contribution < 1.29 is 32.8 Å². The van der Waals surface area contributed by atoms with Crippen molar-refractivity contribution in [2.45, 2.75) is 42.5 Å². The molecule has 0 bridgehead atoms. The van der Waals surface area contributed by atoms with Gasteiger partial charge in [0.1, 0.15) is 22.0 Å². The fraction of sp³-hybridized carbons (Fsp3) is 0.379. The highest BCUT2D eigenvalue weighted by Gasteiger charge is 2.73. The molecule has 0 spiro atoms. The predicted molar refractivity (Wildman–Crippen MR) is 151 cm³/mol. The second kappa shape index (κ2) is 9.19. The number of aromatic amines is 1. The smallest absolute Gasteiger partial charge is 0.280 e. The van der Waals surface area contributed by atoms with Gasteiger partial charge in [-0.3, -0.25) is 19.7 Å². The van der Waals surface area contributed by atoms with E-state index in [1.165, 1.54) is 22.5 Å². The maximum atomic E-state index is 14.3. The zero-order chi connectivity index (χ0) is 30.5. The Balaban J connectivity index is 1.34. The van der Waals surface area contributed by atoms with Crippen molar-refractivity contribution >= 4 is 27.4 Å². The Morgan fingerprint density at radius 2 is 1.93 bits per heavy atom. The molecule has 2 fully saturated rings. The number of aliphatic hydroxyl groups is 1. The van der Waals surface area contributed by atoms with E-state index in [9.17, 15) is 33.2 Å². The number of benzene rings is 2. The number of nitro groups is 1. The normalized spacial score (nSPS) is 27.7. The number of nitrogens with zero attached hydrogens (tertiary/aromatic N) is 2. The van der Waals surface area contributed by atoms with Crippen LogP contribution < -0.4 is 15.4 Å². The van der Waals surface area contributed by atoms with Crippen molar-refractivity contribution in [3.8, 4) is 5.75 Å². The fourth-order valence-corrected chi connectivity index (χ4v) is 8.19. The van der Waals surface area contributed by atoms with E-state index in [2.05, 4.69) is 22.5 Å². The molecule has 4 atom stereocenters. The molecule has 2 aliphatic heterocycles. The fourth-order valence-electron chi connectivity index (χ4n) is 6.69. The number of amides is 1. The first-order chi connectivity index (χ1) is 20.4. The summed E-state index contributed by atoms with van der Waals surface area (Å²) in [7, 11) is -3.94. The molecule has 43 heavy (non-hydrogen) atoms. The number of piperazine rings is 1. The Kier molecular flexibility index (Phi) is 5.92. The Labute approximate surface area is 246 Å². The number of rotatable bonds is 6. The van der Waals surface area contributed by atoms with Gasteiger partial charge in [-0.1, -0.05) is 31.2 Å². The largest absolute Gasteiger partial charge is 0.454 e. The summed E-state index contributed by atoms with van der Waals surface area (Å²) in [6.45, 7) is 5.15. The second-order valence-corrected chi connectivity index (χ2v) is 13.6. The third kappa shape index (κ3) is 3.76. The highest BCUT2D eigenvalue weighted by Crippen LogP contribution is 2.61. The second-order valence-electron chi connectivity index (χ2n) is 11.7. The molecule has 13 nitrogen and oxygen atoms in total. The van der Waals surface area contributed by atoms with Crippen LogP contribution in [0.3, 0.4) is 0 Å². The molecule has 14 heteroatoms. The van der Waals surface area contributed by atoms with Gasteiger partial charge in [0.15, 0.2) is 0 Å². The predicted octanol–water partition coefficient (Wildman–Crippen LogP) is 2.01. The van der Waals surface area contributed by atoms with Gasteiger partial charge in [0.2, 0.25) is 11.3 Å². The van der Waals surface area contributed by atoms with Crippen LogP contribution in [0.1, 0.15) is 62.4 Å². The van der Waals surface area contributed by atoms with Gasteiger partial charge in [-0.25, -0.2) is 8.42 Å². The minimum absolute atomic E-state index is 0.127. The molecule has 4 aliphatic rings. The number of Topliss-reactive ketones (excluding diaryl/α,β-unsaturated/α-hetero) is 1. The number of nitro benzene ring substituents is 1. The first-order valence-electron chi connectivity index (χ1n) is 14.0. The number of aromatic nitrogens is 1.